The fourth-order valence-corrected chi connectivity index (χ4v) is 2.67. The number of carbonyl (C=O) groups excluding carboxylic acids is 1. The second kappa shape index (κ2) is 5.39. The van der Waals surface area contributed by atoms with Crippen LogP contribution in [0.25, 0.3) is 11.6 Å². The average molecular weight is 309 g/mol. The molecule has 4 rings (SSSR count). The Kier molecular flexibility index (Phi) is 3.22. The summed E-state index contributed by atoms with van der Waals surface area (Å²) in [6.07, 6.45) is 1.57. The lowest BCUT2D eigenvalue weighted by Gasteiger charge is -2.37. The summed E-state index contributed by atoms with van der Waals surface area (Å²) in [5.74, 6) is 1.68. The number of nitrogens with zero attached hydrogens (tertiary/aromatic N) is 3. The lowest BCUT2D eigenvalue weighted by atomic mass is 9.98. The van der Waals surface area contributed by atoms with Crippen LogP contribution in [0.3, 0.4) is 0 Å². The molecule has 1 amide bonds. The van der Waals surface area contributed by atoms with Crippen LogP contribution in [0.4, 0.5) is 0 Å². The van der Waals surface area contributed by atoms with E-state index in [2.05, 4.69) is 10.1 Å². The van der Waals surface area contributed by atoms with Crippen molar-refractivity contribution in [3.63, 3.8) is 0 Å². The Morgan fingerprint density at radius 3 is 2.87 bits per heavy atom. The second-order valence-electron chi connectivity index (χ2n) is 5.71. The van der Waals surface area contributed by atoms with Crippen LogP contribution in [0.1, 0.15) is 27.7 Å². The first kappa shape index (κ1) is 13.8. The smallest absolute Gasteiger partial charge is 0.253 e. The van der Waals surface area contributed by atoms with Crippen LogP contribution >= 0.6 is 0 Å². The van der Waals surface area contributed by atoms with Gasteiger partial charge in [-0.25, -0.2) is 0 Å². The van der Waals surface area contributed by atoms with E-state index in [0.29, 0.717) is 36.1 Å². The molecule has 6 nitrogen and oxygen atoms in total. The predicted octanol–water partition coefficient (Wildman–Crippen LogP) is 2.88. The maximum Gasteiger partial charge on any atom is 0.253 e. The molecule has 0 aliphatic carbocycles. The maximum atomic E-state index is 12.4. The molecule has 23 heavy (non-hydrogen) atoms. The molecule has 1 fully saturated rings. The van der Waals surface area contributed by atoms with E-state index in [1.165, 1.54) is 0 Å². The van der Waals surface area contributed by atoms with Crippen molar-refractivity contribution in [1.82, 2.24) is 15.0 Å². The molecule has 3 heterocycles. The maximum absolute atomic E-state index is 12.4. The van der Waals surface area contributed by atoms with E-state index >= 15 is 0 Å². The largest absolute Gasteiger partial charge is 0.461 e. The van der Waals surface area contributed by atoms with Gasteiger partial charge >= 0.3 is 0 Å². The van der Waals surface area contributed by atoms with Gasteiger partial charge in [0.05, 0.1) is 12.2 Å². The summed E-state index contributed by atoms with van der Waals surface area (Å²) in [4.78, 5) is 18.5. The number of furan rings is 1. The number of rotatable bonds is 3. The molecule has 1 aliphatic heterocycles. The fourth-order valence-electron chi connectivity index (χ4n) is 2.67. The van der Waals surface area contributed by atoms with E-state index in [1.807, 2.05) is 31.2 Å². The lowest BCUT2D eigenvalue weighted by molar-refractivity contribution is 0.0569. The molecular formula is C17H15N3O3. The molecule has 0 spiro atoms. The van der Waals surface area contributed by atoms with Crippen molar-refractivity contribution in [2.24, 2.45) is 0 Å². The van der Waals surface area contributed by atoms with E-state index in [-0.39, 0.29) is 11.8 Å². The van der Waals surface area contributed by atoms with Crippen LogP contribution in [0.15, 0.2) is 51.6 Å². The summed E-state index contributed by atoms with van der Waals surface area (Å²) in [6.45, 7) is 3.16. The highest BCUT2D eigenvalue weighted by Gasteiger charge is 2.36. The zero-order valence-electron chi connectivity index (χ0n) is 12.6. The highest BCUT2D eigenvalue weighted by molar-refractivity contribution is 5.95. The number of carbonyl (C=O) groups is 1. The van der Waals surface area contributed by atoms with Gasteiger partial charge in [0.1, 0.15) is 0 Å². The van der Waals surface area contributed by atoms with Crippen molar-refractivity contribution in [2.45, 2.75) is 12.8 Å². The highest BCUT2D eigenvalue weighted by atomic mass is 16.5. The molecule has 2 aromatic heterocycles. The van der Waals surface area contributed by atoms with Gasteiger partial charge < -0.3 is 13.8 Å². The number of amides is 1. The van der Waals surface area contributed by atoms with E-state index in [4.69, 9.17) is 8.94 Å². The van der Waals surface area contributed by atoms with Gasteiger partial charge in [0.2, 0.25) is 11.7 Å². The Balaban J connectivity index is 1.43. The molecule has 6 heteroatoms. The third-order valence-electron chi connectivity index (χ3n) is 3.97. The lowest BCUT2D eigenvalue weighted by Crippen LogP contribution is -2.48. The van der Waals surface area contributed by atoms with Gasteiger partial charge in [-0.05, 0) is 31.2 Å². The SMILES string of the molecule is Cc1cccc(C(=O)N2CC(c3nc(-c4ccco4)no3)C2)c1. The topological polar surface area (TPSA) is 72.4 Å². The standard InChI is InChI=1S/C17H15N3O3/c1-11-4-2-5-12(8-11)17(21)20-9-13(10-20)16-18-15(19-23-16)14-6-3-7-22-14/h2-8,13H,9-10H2,1H3. The van der Waals surface area contributed by atoms with Crippen molar-refractivity contribution in [3.05, 3.63) is 59.7 Å². The molecule has 1 aliphatic rings. The van der Waals surface area contributed by atoms with Gasteiger partial charge in [-0.15, -0.1) is 0 Å². The van der Waals surface area contributed by atoms with E-state index in [1.54, 1.807) is 23.3 Å². The Bertz CT molecular complexity index is 832. The van der Waals surface area contributed by atoms with Gasteiger partial charge in [0.15, 0.2) is 5.76 Å². The summed E-state index contributed by atoms with van der Waals surface area (Å²) in [6, 6.07) is 11.2. The first-order valence-electron chi connectivity index (χ1n) is 7.44. The number of likely N-dealkylation sites (tertiary alicyclic amines) is 1. The number of benzene rings is 1. The van der Waals surface area contributed by atoms with Gasteiger partial charge in [0, 0.05) is 18.7 Å². The zero-order valence-corrected chi connectivity index (χ0v) is 12.6. The minimum Gasteiger partial charge on any atom is -0.461 e. The Labute approximate surface area is 132 Å². The Morgan fingerprint density at radius 1 is 1.26 bits per heavy atom. The normalized spacial score (nSPS) is 14.7. The monoisotopic (exact) mass is 309 g/mol. The summed E-state index contributed by atoms with van der Waals surface area (Å²) in [5.41, 5.74) is 1.79. The van der Waals surface area contributed by atoms with Crippen LogP contribution in [0.5, 0.6) is 0 Å². The molecule has 0 atom stereocenters. The number of aryl methyl sites for hydroxylation is 1. The van der Waals surface area contributed by atoms with E-state index < -0.39 is 0 Å². The van der Waals surface area contributed by atoms with E-state index in [9.17, 15) is 4.79 Å². The number of aromatic nitrogens is 2. The third kappa shape index (κ3) is 2.52. The average Bonchev–Trinajstić information content (AvgIpc) is 3.16. The molecule has 0 saturated carbocycles. The first-order chi connectivity index (χ1) is 11.2. The fraction of sp³-hybridized carbons (Fsp3) is 0.235. The molecule has 0 radical (unpaired) electrons. The predicted molar refractivity (Wildman–Crippen MR) is 81.8 cm³/mol. The summed E-state index contributed by atoms with van der Waals surface area (Å²) in [7, 11) is 0. The molecular weight excluding hydrogens is 294 g/mol. The minimum atomic E-state index is 0.0377. The summed E-state index contributed by atoms with van der Waals surface area (Å²) >= 11 is 0. The summed E-state index contributed by atoms with van der Waals surface area (Å²) in [5, 5.41) is 3.92. The van der Waals surface area contributed by atoms with E-state index in [0.717, 1.165) is 5.56 Å². The molecule has 1 saturated heterocycles. The third-order valence-corrected chi connectivity index (χ3v) is 3.97. The number of hydrogen-bond donors (Lipinski definition) is 0. The number of hydrogen-bond acceptors (Lipinski definition) is 5. The highest BCUT2D eigenvalue weighted by Crippen LogP contribution is 2.29. The first-order valence-corrected chi connectivity index (χ1v) is 7.44. The van der Waals surface area contributed by atoms with Crippen LogP contribution < -0.4 is 0 Å². The van der Waals surface area contributed by atoms with Crippen molar-refractivity contribution in [2.75, 3.05) is 13.1 Å². The molecule has 0 N–H and O–H groups in total. The van der Waals surface area contributed by atoms with Crippen molar-refractivity contribution in [1.29, 1.82) is 0 Å². The molecule has 116 valence electrons. The van der Waals surface area contributed by atoms with Crippen LogP contribution in [0.2, 0.25) is 0 Å². The second-order valence-corrected chi connectivity index (χ2v) is 5.71. The van der Waals surface area contributed by atoms with Crippen molar-refractivity contribution >= 4 is 5.91 Å². The van der Waals surface area contributed by atoms with Crippen molar-refractivity contribution in [3.8, 4) is 11.6 Å². The summed E-state index contributed by atoms with van der Waals surface area (Å²) < 4.78 is 10.5. The molecule has 0 bridgehead atoms. The van der Waals surface area contributed by atoms with Crippen LogP contribution in [0, 0.1) is 6.92 Å². The molecule has 0 unspecified atom stereocenters. The zero-order chi connectivity index (χ0) is 15.8. The quantitative estimate of drug-likeness (QED) is 0.744. The Morgan fingerprint density at radius 2 is 2.13 bits per heavy atom. The molecule has 1 aromatic carbocycles. The minimum absolute atomic E-state index is 0.0377. The molecule has 3 aromatic rings. The van der Waals surface area contributed by atoms with Crippen LogP contribution in [-0.4, -0.2) is 34.0 Å². The van der Waals surface area contributed by atoms with Gasteiger partial charge in [-0.1, -0.05) is 22.9 Å². The van der Waals surface area contributed by atoms with Crippen LogP contribution in [-0.2, 0) is 0 Å². The Hall–Kier alpha value is -2.89. The van der Waals surface area contributed by atoms with Crippen molar-refractivity contribution < 1.29 is 13.7 Å². The van der Waals surface area contributed by atoms with Gasteiger partial charge in [-0.2, -0.15) is 4.98 Å². The van der Waals surface area contributed by atoms with Gasteiger partial charge in [0.25, 0.3) is 5.91 Å². The van der Waals surface area contributed by atoms with Gasteiger partial charge in [-0.3, -0.25) is 4.79 Å².